The molecule has 2 aromatic rings. The molecular weight excluding hydrogens is 711 g/mol. The number of carbonyl (C=O) groups is 4. The average molecular weight is 772 g/mol. The highest BCUT2D eigenvalue weighted by molar-refractivity contribution is 6.74. The van der Waals surface area contributed by atoms with Gasteiger partial charge >= 0.3 is 5.97 Å². The van der Waals surface area contributed by atoms with E-state index in [9.17, 15) is 24.3 Å². The fourth-order valence-electron chi connectivity index (χ4n) is 10.4. The van der Waals surface area contributed by atoms with Crippen molar-refractivity contribution in [1.29, 1.82) is 0 Å². The van der Waals surface area contributed by atoms with E-state index < -0.39 is 71.9 Å². The van der Waals surface area contributed by atoms with Crippen molar-refractivity contribution in [3.63, 3.8) is 0 Å². The second-order valence-electron chi connectivity index (χ2n) is 19.4. The number of Topliss-reactive ketones (excluding diaryl/α,β-unsaturated/α-hetero) is 2. The molecule has 298 valence electrons. The van der Waals surface area contributed by atoms with Crippen molar-refractivity contribution in [3.05, 3.63) is 82.9 Å². The van der Waals surface area contributed by atoms with Crippen LogP contribution in [-0.4, -0.2) is 67.4 Å². The number of fused-ring (bicyclic) bond motifs is 5. The zero-order chi connectivity index (χ0) is 40.7. The minimum absolute atomic E-state index is 0.0193. The molecule has 2 aromatic carbocycles. The maximum Gasteiger partial charge on any atom is 0.337 e. The third kappa shape index (κ3) is 6.39. The van der Waals surface area contributed by atoms with Gasteiger partial charge in [0, 0.05) is 33.8 Å². The minimum Gasteiger partial charge on any atom is -0.456 e. The van der Waals surface area contributed by atoms with E-state index in [1.165, 1.54) is 0 Å². The van der Waals surface area contributed by atoms with Crippen LogP contribution in [-0.2, 0) is 28.3 Å². The molecule has 1 aliphatic heterocycles. The van der Waals surface area contributed by atoms with Gasteiger partial charge in [0.2, 0.25) is 11.6 Å². The van der Waals surface area contributed by atoms with E-state index in [1.54, 1.807) is 31.2 Å². The van der Waals surface area contributed by atoms with Gasteiger partial charge in [-0.15, -0.1) is 0 Å². The number of ether oxygens (including phenoxy) is 2. The summed E-state index contributed by atoms with van der Waals surface area (Å²) in [5.74, 6) is -3.18. The second kappa shape index (κ2) is 13.9. The van der Waals surface area contributed by atoms with Crippen molar-refractivity contribution in [2.24, 2.45) is 34.0 Å². The van der Waals surface area contributed by atoms with Crippen molar-refractivity contribution in [2.75, 3.05) is 6.61 Å². The average Bonchev–Trinajstić information content (AvgIpc) is 3.12. The van der Waals surface area contributed by atoms with Gasteiger partial charge in [-0.25, -0.2) is 4.79 Å². The quantitative estimate of drug-likeness (QED) is 0.158. The molecule has 9 nitrogen and oxygen atoms in total. The first-order valence-corrected chi connectivity index (χ1v) is 22.8. The Bertz CT molecular complexity index is 1880. The molecule has 3 fully saturated rings. The highest BCUT2D eigenvalue weighted by Gasteiger charge is 2.72. The first kappa shape index (κ1) is 41.2. The van der Waals surface area contributed by atoms with Crippen molar-refractivity contribution < 1.29 is 38.2 Å². The van der Waals surface area contributed by atoms with Crippen LogP contribution in [0.2, 0.25) is 18.1 Å². The van der Waals surface area contributed by atoms with E-state index in [4.69, 9.17) is 13.9 Å². The summed E-state index contributed by atoms with van der Waals surface area (Å²) in [4.78, 5) is 58.3. The fraction of sp³-hybridized carbons (Fsp3) is 0.600. The van der Waals surface area contributed by atoms with Crippen LogP contribution in [0.1, 0.15) is 104 Å². The normalized spacial score (nSPS) is 34.2. The van der Waals surface area contributed by atoms with Crippen LogP contribution < -0.4 is 5.32 Å². The second-order valence-corrected chi connectivity index (χ2v) is 24.2. The van der Waals surface area contributed by atoms with Crippen LogP contribution in [0.25, 0.3) is 0 Å². The molecule has 0 radical (unpaired) electrons. The Labute approximate surface area is 328 Å². The molecule has 10 heteroatoms. The number of esters is 1. The lowest BCUT2D eigenvalue weighted by molar-refractivity contribution is -0.290. The molecule has 1 heterocycles. The topological polar surface area (TPSA) is 128 Å². The third-order valence-corrected chi connectivity index (χ3v) is 19.5. The smallest absolute Gasteiger partial charge is 0.337 e. The van der Waals surface area contributed by atoms with E-state index in [0.717, 1.165) is 0 Å². The Morgan fingerprint density at radius 1 is 0.964 bits per heavy atom. The summed E-state index contributed by atoms with van der Waals surface area (Å²) in [5.41, 5.74) is -2.40. The highest BCUT2D eigenvalue weighted by Crippen LogP contribution is 2.67. The molecule has 0 spiro atoms. The predicted molar refractivity (Wildman–Crippen MR) is 213 cm³/mol. The summed E-state index contributed by atoms with van der Waals surface area (Å²) in [6, 6.07) is 17.1. The Hall–Kier alpha value is -3.44. The number of benzene rings is 2. The van der Waals surface area contributed by atoms with Gasteiger partial charge in [-0.3, -0.25) is 14.4 Å². The molecule has 3 aliphatic carbocycles. The van der Waals surface area contributed by atoms with E-state index in [0.29, 0.717) is 29.7 Å². The summed E-state index contributed by atoms with van der Waals surface area (Å²) in [6.07, 6.45) is -1.73. The van der Waals surface area contributed by atoms with Gasteiger partial charge in [-0.1, -0.05) is 111 Å². The van der Waals surface area contributed by atoms with Gasteiger partial charge in [0.05, 0.1) is 24.4 Å². The van der Waals surface area contributed by atoms with E-state index in [1.807, 2.05) is 84.1 Å². The molecule has 1 saturated heterocycles. The lowest BCUT2D eigenvalue weighted by Crippen LogP contribution is -2.73. The lowest BCUT2D eigenvalue weighted by atomic mass is 9.39. The molecule has 0 aromatic heterocycles. The Morgan fingerprint density at radius 2 is 1.55 bits per heavy atom. The molecule has 10 atom stereocenters. The zero-order valence-corrected chi connectivity index (χ0v) is 35.7. The van der Waals surface area contributed by atoms with Gasteiger partial charge in [0.1, 0.15) is 6.10 Å². The number of hydrogen-bond acceptors (Lipinski definition) is 8. The molecule has 55 heavy (non-hydrogen) atoms. The molecule has 1 amide bonds. The number of rotatable bonds is 8. The third-order valence-electron chi connectivity index (χ3n) is 15.0. The first-order valence-electron chi connectivity index (χ1n) is 19.9. The van der Waals surface area contributed by atoms with Crippen LogP contribution in [0.5, 0.6) is 0 Å². The largest absolute Gasteiger partial charge is 0.456 e. The number of amides is 1. The van der Waals surface area contributed by atoms with E-state index in [-0.39, 0.29) is 40.9 Å². The van der Waals surface area contributed by atoms with Crippen molar-refractivity contribution in [2.45, 2.75) is 130 Å². The van der Waals surface area contributed by atoms with Crippen LogP contribution in [0.3, 0.4) is 0 Å². The molecule has 6 rings (SSSR count). The molecule has 0 unspecified atom stereocenters. The van der Waals surface area contributed by atoms with Crippen molar-refractivity contribution >= 4 is 31.8 Å². The number of nitrogens with one attached hydrogen (secondary N) is 1. The van der Waals surface area contributed by atoms with Gasteiger partial charge in [0.15, 0.2) is 14.4 Å². The van der Waals surface area contributed by atoms with E-state index >= 15 is 0 Å². The summed E-state index contributed by atoms with van der Waals surface area (Å²) in [7, 11) is -2.72. The SMILES string of the molecule is CC1=C2C(=O)C(=O)[C@@]3(C)[C@H]([C@H](C)[C@](O)(C[C@@H]1OC(=O)[C@H](O[Si](C)(C)C(C)(C)C)[C@@H](NC(=O)c1ccccc1)c1ccccc1)C2(C)C)[C@]1(C)CO[C@@H]1C[C@@H]3C. The van der Waals surface area contributed by atoms with Crippen LogP contribution in [0.15, 0.2) is 71.8 Å². The van der Waals surface area contributed by atoms with E-state index in [2.05, 4.69) is 33.0 Å². The molecule has 4 aliphatic rings. The Morgan fingerprint density at radius 3 is 2.09 bits per heavy atom. The van der Waals surface area contributed by atoms with Crippen molar-refractivity contribution in [3.8, 4) is 0 Å². The molecule has 2 bridgehead atoms. The van der Waals surface area contributed by atoms with Crippen LogP contribution >= 0.6 is 0 Å². The van der Waals surface area contributed by atoms with Gasteiger partial charge in [-0.2, -0.15) is 0 Å². The monoisotopic (exact) mass is 771 g/mol. The number of ketones is 2. The summed E-state index contributed by atoms with van der Waals surface area (Å²) < 4.78 is 19.5. The summed E-state index contributed by atoms with van der Waals surface area (Å²) in [5, 5.41) is 16.0. The maximum absolute atomic E-state index is 15.0. The number of carbonyl (C=O) groups excluding carboxylic acids is 4. The predicted octanol–water partition coefficient (Wildman–Crippen LogP) is 7.79. The molecule has 2 saturated carbocycles. The number of hydrogen-bond donors (Lipinski definition) is 2. The minimum atomic E-state index is -2.72. The fourth-order valence-corrected chi connectivity index (χ4v) is 11.6. The maximum atomic E-state index is 15.0. The highest BCUT2D eigenvalue weighted by atomic mass is 28.4. The van der Waals surface area contributed by atoms with Crippen LogP contribution in [0.4, 0.5) is 0 Å². The zero-order valence-electron chi connectivity index (χ0n) is 34.7. The Balaban J connectivity index is 1.46. The summed E-state index contributed by atoms with van der Waals surface area (Å²) >= 11 is 0. The van der Waals surface area contributed by atoms with Gasteiger partial charge in [0.25, 0.3) is 5.91 Å². The molecular formula is C45H61NO8Si. The first-order chi connectivity index (χ1) is 25.4. The van der Waals surface area contributed by atoms with Crippen LogP contribution in [0, 0.1) is 34.0 Å². The number of aliphatic hydroxyl groups is 1. The summed E-state index contributed by atoms with van der Waals surface area (Å²) in [6.45, 7) is 24.2. The van der Waals surface area contributed by atoms with Crippen molar-refractivity contribution in [1.82, 2.24) is 5.32 Å². The lowest BCUT2D eigenvalue weighted by Gasteiger charge is -2.68. The standard InChI is InChI=1S/C45H61NO8Si/c1-26-23-32-43(9,25-52-32)37-28(3)45(51)24-31(27(2)33(42(45,7)8)35(47)38(48)44(26,37)10)53-40(50)36(54-55(11,12)41(4,5)6)34(29-19-15-13-16-20-29)46-39(49)30-21-17-14-18-22-30/h13-22,26,28,31-32,34,36-37,51H,23-25H2,1-12H3,(H,46,49)/t26-,28-,31-,32+,34-,36+,37+,43+,44+,45+/m0/s1. The Kier molecular flexibility index (Phi) is 10.4. The van der Waals surface area contributed by atoms with Gasteiger partial charge in [-0.05, 0) is 72.5 Å². The molecule has 2 N–H and O–H groups in total. The van der Waals surface area contributed by atoms with Gasteiger partial charge < -0.3 is 24.3 Å².